The highest BCUT2D eigenvalue weighted by Gasteiger charge is 2.13. The Morgan fingerprint density at radius 1 is 0.917 bits per heavy atom. The summed E-state index contributed by atoms with van der Waals surface area (Å²) in [6.07, 6.45) is 3.85. The van der Waals surface area contributed by atoms with E-state index in [9.17, 15) is 0 Å². The number of H-pyrrole nitrogens is 1. The van der Waals surface area contributed by atoms with Crippen LogP contribution in [0.25, 0.3) is 0 Å². The number of aryl methyl sites for hydroxylation is 2. The van der Waals surface area contributed by atoms with Crippen molar-refractivity contribution in [1.82, 2.24) is 9.97 Å². The Hall–Kier alpha value is -2.55. The van der Waals surface area contributed by atoms with Crippen LogP contribution in [0.1, 0.15) is 25.2 Å². The molecule has 2 nitrogen and oxygen atoms in total. The van der Waals surface area contributed by atoms with E-state index in [1.807, 2.05) is 18.1 Å². The Balaban J connectivity index is 0.000000198. The summed E-state index contributed by atoms with van der Waals surface area (Å²) in [6, 6.07) is 20.9. The molecular formula is C21H25BN2. The lowest BCUT2D eigenvalue weighted by Gasteiger charge is -2.09. The molecule has 3 heteroatoms. The fraction of sp³-hybridized carbons (Fsp3) is 0.190. The Bertz CT molecular complexity index is 662. The molecule has 3 rings (SSSR count). The minimum Gasteiger partial charge on any atom is -0.348 e. The highest BCUT2D eigenvalue weighted by Crippen LogP contribution is 2.02. The maximum atomic E-state index is 4.15. The van der Waals surface area contributed by atoms with Crippen LogP contribution in [-0.2, 0) is 12.8 Å². The Morgan fingerprint density at radius 2 is 1.46 bits per heavy atom. The van der Waals surface area contributed by atoms with Gasteiger partial charge in [-0.3, -0.25) is 0 Å². The topological polar surface area (TPSA) is 28.7 Å². The molecule has 1 N–H and O–H groups in total. The molecule has 1 heterocycles. The quantitative estimate of drug-likeness (QED) is 0.717. The first-order valence-electron chi connectivity index (χ1n) is 8.53. The van der Waals surface area contributed by atoms with E-state index in [1.165, 1.54) is 22.3 Å². The fourth-order valence-electron chi connectivity index (χ4n) is 2.75. The fourth-order valence-corrected chi connectivity index (χ4v) is 2.75. The molecule has 0 amide bonds. The van der Waals surface area contributed by atoms with Gasteiger partial charge in [-0.15, -0.1) is 12.6 Å². The molecule has 0 aliphatic carbocycles. The van der Waals surface area contributed by atoms with Gasteiger partial charge in [0.15, 0.2) is 0 Å². The number of nitrogens with one attached hydrogen (secondary N) is 1. The average Bonchev–Trinajstić information content (AvgIpc) is 3.12. The van der Waals surface area contributed by atoms with Crippen molar-refractivity contribution >= 4 is 17.6 Å². The van der Waals surface area contributed by atoms with E-state index in [0.29, 0.717) is 6.71 Å². The van der Waals surface area contributed by atoms with Crippen LogP contribution in [0.2, 0.25) is 0 Å². The monoisotopic (exact) mass is 316 g/mol. The first-order chi connectivity index (χ1) is 11.8. The van der Waals surface area contributed by atoms with Crippen LogP contribution in [0, 0.1) is 0 Å². The molecule has 3 aromatic rings. The lowest BCUT2D eigenvalue weighted by Crippen LogP contribution is -2.40. The van der Waals surface area contributed by atoms with Gasteiger partial charge in [-0.1, -0.05) is 85.4 Å². The number of benzene rings is 2. The molecule has 0 aliphatic heterocycles. The molecule has 122 valence electrons. The summed E-state index contributed by atoms with van der Waals surface area (Å²) in [5, 5.41) is 0. The SMILES string of the molecule is C=CB(c1ccccc1)c1ccccc1.CCc1nc[nH]c1CC. The summed E-state index contributed by atoms with van der Waals surface area (Å²) in [7, 11) is 0. The third-order valence-electron chi connectivity index (χ3n) is 4.05. The molecule has 0 atom stereocenters. The molecule has 0 spiro atoms. The largest absolute Gasteiger partial charge is 0.348 e. The smallest absolute Gasteiger partial charge is 0.233 e. The number of rotatable bonds is 5. The van der Waals surface area contributed by atoms with Gasteiger partial charge >= 0.3 is 0 Å². The van der Waals surface area contributed by atoms with Gasteiger partial charge < -0.3 is 4.98 Å². The van der Waals surface area contributed by atoms with Crippen LogP contribution in [-0.4, -0.2) is 16.7 Å². The van der Waals surface area contributed by atoms with Gasteiger partial charge in [0.1, 0.15) is 0 Å². The molecule has 0 unspecified atom stereocenters. The number of imidazole rings is 1. The van der Waals surface area contributed by atoms with Crippen molar-refractivity contribution in [3.05, 3.63) is 90.9 Å². The predicted octanol–water partition coefficient (Wildman–Crippen LogP) is 3.56. The average molecular weight is 316 g/mol. The van der Waals surface area contributed by atoms with E-state index in [1.54, 1.807) is 6.33 Å². The van der Waals surface area contributed by atoms with E-state index in [-0.39, 0.29) is 0 Å². The molecule has 24 heavy (non-hydrogen) atoms. The maximum Gasteiger partial charge on any atom is 0.233 e. The summed E-state index contributed by atoms with van der Waals surface area (Å²) >= 11 is 0. The second-order valence-electron chi connectivity index (χ2n) is 5.57. The van der Waals surface area contributed by atoms with Gasteiger partial charge in [0, 0.05) is 5.69 Å². The van der Waals surface area contributed by atoms with E-state index in [0.717, 1.165) is 12.8 Å². The van der Waals surface area contributed by atoms with E-state index in [4.69, 9.17) is 0 Å². The third kappa shape index (κ3) is 4.72. The molecule has 0 saturated carbocycles. The highest BCUT2D eigenvalue weighted by molar-refractivity contribution is 6.89. The van der Waals surface area contributed by atoms with Gasteiger partial charge in [-0.25, -0.2) is 4.98 Å². The van der Waals surface area contributed by atoms with Crippen LogP contribution in [0.15, 0.2) is 79.5 Å². The number of hydrogen-bond acceptors (Lipinski definition) is 1. The normalized spacial score (nSPS) is 9.75. The molecular weight excluding hydrogens is 291 g/mol. The van der Waals surface area contributed by atoms with Crippen molar-refractivity contribution < 1.29 is 0 Å². The van der Waals surface area contributed by atoms with Crippen LogP contribution in [0.5, 0.6) is 0 Å². The van der Waals surface area contributed by atoms with Crippen molar-refractivity contribution in [1.29, 1.82) is 0 Å². The van der Waals surface area contributed by atoms with E-state index in [2.05, 4.69) is 78.9 Å². The lowest BCUT2D eigenvalue weighted by molar-refractivity contribution is 0.979. The Morgan fingerprint density at radius 3 is 1.83 bits per heavy atom. The van der Waals surface area contributed by atoms with Crippen molar-refractivity contribution in [3.8, 4) is 0 Å². The predicted molar refractivity (Wildman–Crippen MR) is 105 cm³/mol. The van der Waals surface area contributed by atoms with Crippen LogP contribution in [0.3, 0.4) is 0 Å². The summed E-state index contributed by atoms with van der Waals surface area (Å²) in [5.74, 6) is 1.99. The molecule has 0 fully saturated rings. The van der Waals surface area contributed by atoms with Gasteiger partial charge in [0.25, 0.3) is 0 Å². The summed E-state index contributed by atoms with van der Waals surface area (Å²) in [6.45, 7) is 8.46. The number of nitrogens with zero attached hydrogens (tertiary/aromatic N) is 1. The van der Waals surface area contributed by atoms with Crippen molar-refractivity contribution in [2.24, 2.45) is 0 Å². The minimum absolute atomic E-state index is 0.299. The van der Waals surface area contributed by atoms with Gasteiger partial charge in [-0.05, 0) is 12.8 Å². The van der Waals surface area contributed by atoms with Crippen LogP contribution < -0.4 is 10.9 Å². The maximum absolute atomic E-state index is 4.15. The highest BCUT2D eigenvalue weighted by atomic mass is 14.9. The van der Waals surface area contributed by atoms with Gasteiger partial charge in [0.05, 0.1) is 12.0 Å². The zero-order valence-corrected chi connectivity index (χ0v) is 14.6. The second-order valence-corrected chi connectivity index (χ2v) is 5.57. The first kappa shape index (κ1) is 17.8. The van der Waals surface area contributed by atoms with Crippen LogP contribution in [0.4, 0.5) is 0 Å². The molecule has 2 aromatic carbocycles. The molecule has 0 radical (unpaired) electrons. The van der Waals surface area contributed by atoms with Crippen molar-refractivity contribution in [2.75, 3.05) is 0 Å². The standard InChI is InChI=1S/C14H13B.C7H12N2/c1-2-15(13-9-5-3-6-10-13)14-11-7-4-8-12-14;1-3-6-7(4-2)9-5-8-6/h2-12H,1H2;5H,3-4H2,1-2H3,(H,8,9). The first-order valence-corrected chi connectivity index (χ1v) is 8.53. The van der Waals surface area contributed by atoms with Crippen LogP contribution >= 0.6 is 0 Å². The Labute approximate surface area is 145 Å². The second kappa shape index (κ2) is 9.56. The third-order valence-corrected chi connectivity index (χ3v) is 4.05. The molecule has 0 bridgehead atoms. The zero-order valence-electron chi connectivity index (χ0n) is 14.6. The van der Waals surface area contributed by atoms with Crippen molar-refractivity contribution in [3.63, 3.8) is 0 Å². The number of hydrogen-bond donors (Lipinski definition) is 1. The minimum atomic E-state index is 0.299. The van der Waals surface area contributed by atoms with E-state index >= 15 is 0 Å². The molecule has 0 aliphatic rings. The van der Waals surface area contributed by atoms with Gasteiger partial charge in [0.2, 0.25) is 6.71 Å². The summed E-state index contributed by atoms with van der Waals surface area (Å²) in [5.41, 5.74) is 5.06. The number of aromatic nitrogens is 2. The summed E-state index contributed by atoms with van der Waals surface area (Å²) < 4.78 is 0. The Kier molecular flexibility index (Phi) is 7.09. The molecule has 1 aromatic heterocycles. The summed E-state index contributed by atoms with van der Waals surface area (Å²) in [4.78, 5) is 7.25. The zero-order chi connectivity index (χ0) is 17.2. The molecule has 0 saturated heterocycles. The van der Waals surface area contributed by atoms with Gasteiger partial charge in [-0.2, -0.15) is 0 Å². The van der Waals surface area contributed by atoms with E-state index < -0.39 is 0 Å². The number of aromatic amines is 1. The van der Waals surface area contributed by atoms with Crippen molar-refractivity contribution in [2.45, 2.75) is 26.7 Å². The lowest BCUT2D eigenvalue weighted by atomic mass is 9.41.